The van der Waals surface area contributed by atoms with Gasteiger partial charge in [0.05, 0.1) is 18.2 Å². The van der Waals surface area contributed by atoms with Crippen molar-refractivity contribution in [1.82, 2.24) is 0 Å². The zero-order valence-corrected chi connectivity index (χ0v) is 12.5. The third-order valence-corrected chi connectivity index (χ3v) is 2.99. The van der Waals surface area contributed by atoms with Gasteiger partial charge in [0.2, 0.25) is 0 Å². The van der Waals surface area contributed by atoms with Crippen LogP contribution < -0.4 is 9.47 Å². The second-order valence-corrected chi connectivity index (χ2v) is 4.72. The average Bonchev–Trinajstić information content (AvgIpc) is 2.34. The third-order valence-electron chi connectivity index (χ3n) is 2.69. The van der Waals surface area contributed by atoms with E-state index in [1.165, 1.54) is 0 Å². The molecule has 0 radical (unpaired) electrons. The molecule has 1 aromatic carbocycles. The van der Waals surface area contributed by atoms with Gasteiger partial charge in [0.15, 0.2) is 0 Å². The summed E-state index contributed by atoms with van der Waals surface area (Å²) in [6.45, 7) is 6.61. The molecule has 1 aromatic rings. The molecule has 1 rings (SSSR count). The summed E-state index contributed by atoms with van der Waals surface area (Å²) in [5.74, 6) is 1.64. The van der Waals surface area contributed by atoms with Crippen molar-refractivity contribution in [2.24, 2.45) is 0 Å². The largest absolute Gasteiger partial charge is 0.493 e. The number of hydrogen-bond acceptors (Lipinski definition) is 3. The first-order valence-electron chi connectivity index (χ1n) is 6.65. The van der Waals surface area contributed by atoms with Crippen LogP contribution in [-0.2, 0) is 11.2 Å². The van der Waals surface area contributed by atoms with Crippen molar-refractivity contribution in [3.63, 3.8) is 0 Å². The number of ether oxygens (including phenoxy) is 2. The van der Waals surface area contributed by atoms with E-state index in [9.17, 15) is 4.79 Å². The van der Waals surface area contributed by atoms with Gasteiger partial charge >= 0.3 is 0 Å². The predicted molar refractivity (Wildman–Crippen MR) is 77.4 cm³/mol. The van der Waals surface area contributed by atoms with E-state index in [1.807, 2.05) is 26.0 Å². The van der Waals surface area contributed by atoms with E-state index in [1.54, 1.807) is 6.92 Å². The number of aryl methyl sites for hydroxylation is 1. The van der Waals surface area contributed by atoms with Crippen molar-refractivity contribution in [2.75, 3.05) is 13.2 Å². The van der Waals surface area contributed by atoms with Gasteiger partial charge in [-0.2, -0.15) is 0 Å². The van der Waals surface area contributed by atoms with Gasteiger partial charge < -0.3 is 14.3 Å². The van der Waals surface area contributed by atoms with E-state index in [-0.39, 0.29) is 5.78 Å². The van der Waals surface area contributed by atoms with Gasteiger partial charge in [-0.15, -0.1) is 0 Å². The number of carbonyl (C=O) groups excluding carboxylic acids is 1. The standard InChI is InChI=1S/C15H21ClO3/c1-4-18-14-10-15(19-5-2)13(16)9-12(14)8-6-7-11(3)17/h9-10H,4-8H2,1-3H3. The van der Waals surface area contributed by atoms with Gasteiger partial charge in [0, 0.05) is 12.5 Å². The number of hydrogen-bond donors (Lipinski definition) is 0. The Hall–Kier alpha value is -1.22. The van der Waals surface area contributed by atoms with Crippen LogP contribution in [0.25, 0.3) is 0 Å². The Bertz CT molecular complexity index is 430. The van der Waals surface area contributed by atoms with Crippen molar-refractivity contribution < 1.29 is 14.3 Å². The monoisotopic (exact) mass is 284 g/mol. The Morgan fingerprint density at radius 2 is 1.79 bits per heavy atom. The molecule has 0 aliphatic rings. The van der Waals surface area contributed by atoms with Crippen LogP contribution >= 0.6 is 11.6 Å². The molecule has 3 nitrogen and oxygen atoms in total. The number of halogens is 1. The van der Waals surface area contributed by atoms with Gasteiger partial charge in [-0.3, -0.25) is 0 Å². The highest BCUT2D eigenvalue weighted by Crippen LogP contribution is 2.33. The molecule has 0 aliphatic carbocycles. The molecule has 4 heteroatoms. The van der Waals surface area contributed by atoms with Crippen molar-refractivity contribution in [2.45, 2.75) is 40.0 Å². The smallest absolute Gasteiger partial charge is 0.141 e. The minimum absolute atomic E-state index is 0.204. The van der Waals surface area contributed by atoms with E-state index >= 15 is 0 Å². The first-order valence-corrected chi connectivity index (χ1v) is 7.03. The Morgan fingerprint density at radius 1 is 1.16 bits per heavy atom. The van der Waals surface area contributed by atoms with Crippen LogP contribution in [0.1, 0.15) is 39.2 Å². The highest BCUT2D eigenvalue weighted by molar-refractivity contribution is 6.32. The van der Waals surface area contributed by atoms with Crippen molar-refractivity contribution >= 4 is 17.4 Å². The second kappa shape index (κ2) is 8.05. The van der Waals surface area contributed by atoms with Crippen LogP contribution in [0.15, 0.2) is 12.1 Å². The highest BCUT2D eigenvalue weighted by atomic mass is 35.5. The minimum atomic E-state index is 0.204. The molecule has 0 spiro atoms. The first-order chi connectivity index (χ1) is 9.08. The molecule has 0 fully saturated rings. The molecule has 0 saturated heterocycles. The van der Waals surface area contributed by atoms with E-state index in [4.69, 9.17) is 21.1 Å². The van der Waals surface area contributed by atoms with Gasteiger partial charge in [-0.25, -0.2) is 0 Å². The molecule has 19 heavy (non-hydrogen) atoms. The summed E-state index contributed by atoms with van der Waals surface area (Å²) in [7, 11) is 0. The maximum absolute atomic E-state index is 11.0. The lowest BCUT2D eigenvalue weighted by atomic mass is 10.1. The van der Waals surface area contributed by atoms with Gasteiger partial charge in [0.25, 0.3) is 0 Å². The summed E-state index contributed by atoms with van der Waals surface area (Å²) in [5, 5.41) is 0.586. The Morgan fingerprint density at radius 3 is 2.37 bits per heavy atom. The first kappa shape index (κ1) is 15.8. The van der Waals surface area contributed by atoms with Crippen LogP contribution in [0.3, 0.4) is 0 Å². The molecular formula is C15H21ClO3. The number of Topliss-reactive ketones (excluding diaryl/α,β-unsaturated/α-hetero) is 1. The summed E-state index contributed by atoms with van der Waals surface area (Å²) in [6, 6.07) is 3.70. The summed E-state index contributed by atoms with van der Waals surface area (Å²) >= 11 is 6.17. The molecule has 0 amide bonds. The fourth-order valence-corrected chi connectivity index (χ4v) is 2.10. The minimum Gasteiger partial charge on any atom is -0.493 e. The molecule has 0 atom stereocenters. The normalized spacial score (nSPS) is 10.3. The Kier molecular flexibility index (Phi) is 6.71. The lowest BCUT2D eigenvalue weighted by molar-refractivity contribution is -0.117. The van der Waals surface area contributed by atoms with Crippen molar-refractivity contribution in [3.05, 3.63) is 22.7 Å². The van der Waals surface area contributed by atoms with Crippen LogP contribution in [0.4, 0.5) is 0 Å². The van der Waals surface area contributed by atoms with Crippen LogP contribution in [0.2, 0.25) is 5.02 Å². The Labute approximate surface area is 119 Å². The molecule has 0 unspecified atom stereocenters. The quantitative estimate of drug-likeness (QED) is 0.722. The van der Waals surface area contributed by atoms with Crippen molar-refractivity contribution in [1.29, 1.82) is 0 Å². The highest BCUT2D eigenvalue weighted by Gasteiger charge is 2.11. The number of carbonyl (C=O) groups is 1. The van der Waals surface area contributed by atoms with Gasteiger partial charge in [-0.05, 0) is 45.2 Å². The zero-order valence-electron chi connectivity index (χ0n) is 11.8. The summed E-state index contributed by atoms with van der Waals surface area (Å²) in [4.78, 5) is 11.0. The molecular weight excluding hydrogens is 264 g/mol. The summed E-state index contributed by atoms with van der Waals surface area (Å²) in [5.41, 5.74) is 1.02. The van der Waals surface area contributed by atoms with Crippen LogP contribution in [-0.4, -0.2) is 19.0 Å². The second-order valence-electron chi connectivity index (χ2n) is 4.31. The fraction of sp³-hybridized carbons (Fsp3) is 0.533. The van der Waals surface area contributed by atoms with E-state index in [0.717, 1.165) is 24.2 Å². The zero-order chi connectivity index (χ0) is 14.3. The summed E-state index contributed by atoms with van der Waals surface area (Å²) in [6.07, 6.45) is 2.16. The lowest BCUT2D eigenvalue weighted by Gasteiger charge is -2.14. The van der Waals surface area contributed by atoms with Gasteiger partial charge in [-0.1, -0.05) is 11.6 Å². The fourth-order valence-electron chi connectivity index (χ4n) is 1.86. The molecule has 0 aromatic heterocycles. The van der Waals surface area contributed by atoms with E-state index in [2.05, 4.69) is 0 Å². The maximum Gasteiger partial charge on any atom is 0.141 e. The number of rotatable bonds is 8. The topological polar surface area (TPSA) is 35.5 Å². The predicted octanol–water partition coefficient (Wildman–Crippen LogP) is 4.05. The Balaban J connectivity index is 2.87. The van der Waals surface area contributed by atoms with E-state index in [0.29, 0.717) is 30.4 Å². The lowest BCUT2D eigenvalue weighted by Crippen LogP contribution is -2.01. The molecule has 106 valence electrons. The maximum atomic E-state index is 11.0. The van der Waals surface area contributed by atoms with Crippen LogP contribution in [0.5, 0.6) is 11.5 Å². The van der Waals surface area contributed by atoms with Gasteiger partial charge in [0.1, 0.15) is 17.3 Å². The SMILES string of the molecule is CCOc1cc(OCC)c(CCCC(C)=O)cc1Cl. The molecule has 0 bridgehead atoms. The number of benzene rings is 1. The number of ketones is 1. The molecule has 0 aliphatic heterocycles. The third kappa shape index (κ3) is 5.11. The van der Waals surface area contributed by atoms with Crippen molar-refractivity contribution in [3.8, 4) is 11.5 Å². The molecule has 0 saturated carbocycles. The molecule has 0 heterocycles. The average molecular weight is 285 g/mol. The summed E-state index contributed by atoms with van der Waals surface area (Å²) < 4.78 is 11.1. The van der Waals surface area contributed by atoms with E-state index < -0.39 is 0 Å². The molecule has 0 N–H and O–H groups in total. The van der Waals surface area contributed by atoms with Crippen LogP contribution in [0, 0.1) is 0 Å².